The molecule has 208 valence electrons. The van der Waals surface area contributed by atoms with Crippen LogP contribution in [-0.2, 0) is 11.3 Å². The Kier molecular flexibility index (Phi) is 7.70. The second-order valence-corrected chi connectivity index (χ2v) is 8.98. The average Bonchev–Trinajstić information content (AvgIpc) is 2.95. The second-order valence-electron chi connectivity index (χ2n) is 8.98. The van der Waals surface area contributed by atoms with Crippen molar-refractivity contribution in [1.29, 1.82) is 0 Å². The number of pyridine rings is 3. The summed E-state index contributed by atoms with van der Waals surface area (Å²) in [6.45, 7) is 1.62. The molecule has 41 heavy (non-hydrogen) atoms. The number of H-pyrrole nitrogens is 1. The van der Waals surface area contributed by atoms with Crippen LogP contribution >= 0.6 is 0 Å². The standard InChI is InChI=1S/C30H24F2N4O5/c1-16-26(17-4-6-18(31)7-5-17)29(37)27(22(34-16)15-39-2)30(38)35-19-8-10-23(20(32)14-19)41-24-12-13-33-21-9-11-25(40-3)36-28(21)24/h4-14H,15H2,1-3H3,(H,34,37)(H,35,38). The maximum absolute atomic E-state index is 15.1. The first-order valence-corrected chi connectivity index (χ1v) is 12.4. The number of fused-ring (bicyclic) bond motifs is 1. The summed E-state index contributed by atoms with van der Waals surface area (Å²) in [7, 11) is 2.90. The summed E-state index contributed by atoms with van der Waals surface area (Å²) < 4.78 is 44.7. The number of ether oxygens (including phenoxy) is 3. The molecule has 2 aromatic carbocycles. The Bertz CT molecular complexity index is 1820. The molecule has 5 aromatic rings. The van der Waals surface area contributed by atoms with E-state index in [0.29, 0.717) is 28.2 Å². The summed E-state index contributed by atoms with van der Waals surface area (Å²) >= 11 is 0. The molecule has 0 saturated carbocycles. The molecule has 9 nitrogen and oxygen atoms in total. The van der Waals surface area contributed by atoms with Crippen molar-refractivity contribution in [2.75, 3.05) is 19.5 Å². The van der Waals surface area contributed by atoms with Gasteiger partial charge in [0.15, 0.2) is 17.3 Å². The largest absolute Gasteiger partial charge is 0.481 e. The summed E-state index contributed by atoms with van der Waals surface area (Å²) in [5.41, 5.74) is 1.58. The van der Waals surface area contributed by atoms with Crippen LogP contribution < -0.4 is 20.2 Å². The minimum absolute atomic E-state index is 0.0532. The number of carbonyl (C=O) groups excluding carboxylic acids is 1. The normalized spacial score (nSPS) is 11.0. The lowest BCUT2D eigenvalue weighted by molar-refractivity contribution is 0.101. The van der Waals surface area contributed by atoms with Gasteiger partial charge in [0.05, 0.1) is 24.9 Å². The number of amides is 1. The monoisotopic (exact) mass is 558 g/mol. The number of benzene rings is 2. The summed E-state index contributed by atoms with van der Waals surface area (Å²) in [6, 6.07) is 14.1. The molecule has 0 saturated heterocycles. The highest BCUT2D eigenvalue weighted by Gasteiger charge is 2.23. The SMILES string of the molecule is COCc1[nH]c(C)c(-c2ccc(F)cc2)c(=O)c1C(=O)Nc1ccc(Oc2ccnc3ccc(OC)nc23)c(F)c1. The maximum atomic E-state index is 15.1. The number of anilines is 1. The minimum atomic E-state index is -0.772. The summed E-state index contributed by atoms with van der Waals surface area (Å²) in [4.78, 5) is 38.5. The van der Waals surface area contributed by atoms with Crippen LogP contribution in [0.3, 0.4) is 0 Å². The Hall–Kier alpha value is -5.16. The number of rotatable bonds is 8. The quantitative estimate of drug-likeness (QED) is 0.248. The highest BCUT2D eigenvalue weighted by Crippen LogP contribution is 2.31. The van der Waals surface area contributed by atoms with E-state index in [9.17, 15) is 14.0 Å². The van der Waals surface area contributed by atoms with Gasteiger partial charge in [0.25, 0.3) is 5.91 Å². The number of carbonyl (C=O) groups is 1. The Morgan fingerprint density at radius 3 is 2.49 bits per heavy atom. The molecule has 5 rings (SSSR count). The highest BCUT2D eigenvalue weighted by molar-refractivity contribution is 6.05. The van der Waals surface area contributed by atoms with Crippen molar-refractivity contribution in [2.45, 2.75) is 13.5 Å². The molecule has 0 bridgehead atoms. The van der Waals surface area contributed by atoms with Gasteiger partial charge in [-0.3, -0.25) is 14.6 Å². The van der Waals surface area contributed by atoms with Crippen molar-refractivity contribution in [3.8, 4) is 28.5 Å². The van der Waals surface area contributed by atoms with E-state index in [4.69, 9.17) is 14.2 Å². The van der Waals surface area contributed by atoms with E-state index in [1.807, 2.05) is 0 Å². The fraction of sp³-hybridized carbons (Fsp3) is 0.133. The van der Waals surface area contributed by atoms with Gasteiger partial charge in [-0.2, -0.15) is 0 Å². The van der Waals surface area contributed by atoms with Gasteiger partial charge in [-0.05, 0) is 42.8 Å². The molecule has 0 unspecified atom stereocenters. The molecule has 0 aliphatic rings. The van der Waals surface area contributed by atoms with Crippen LogP contribution in [0.25, 0.3) is 22.2 Å². The predicted molar refractivity (Wildman–Crippen MR) is 148 cm³/mol. The summed E-state index contributed by atoms with van der Waals surface area (Å²) in [5, 5.41) is 2.57. The topological polar surface area (TPSA) is 115 Å². The third kappa shape index (κ3) is 5.61. The van der Waals surface area contributed by atoms with Crippen molar-refractivity contribution in [3.63, 3.8) is 0 Å². The van der Waals surface area contributed by atoms with Crippen LogP contribution in [0.5, 0.6) is 17.4 Å². The lowest BCUT2D eigenvalue weighted by Gasteiger charge is -2.15. The van der Waals surface area contributed by atoms with Gasteiger partial charge >= 0.3 is 0 Å². The molecule has 0 aliphatic carbocycles. The molecule has 0 radical (unpaired) electrons. The van der Waals surface area contributed by atoms with Crippen LogP contribution in [0.2, 0.25) is 0 Å². The third-order valence-corrected chi connectivity index (χ3v) is 6.26. The van der Waals surface area contributed by atoms with Crippen molar-refractivity contribution >= 4 is 22.6 Å². The Morgan fingerprint density at radius 2 is 1.78 bits per heavy atom. The molecule has 0 aliphatic heterocycles. The van der Waals surface area contributed by atoms with Crippen molar-refractivity contribution < 1.29 is 27.8 Å². The number of nitrogens with one attached hydrogen (secondary N) is 2. The van der Waals surface area contributed by atoms with Crippen LogP contribution in [0.1, 0.15) is 21.7 Å². The van der Waals surface area contributed by atoms with Crippen molar-refractivity contribution in [2.24, 2.45) is 0 Å². The average molecular weight is 559 g/mol. The molecular weight excluding hydrogens is 534 g/mol. The molecule has 0 fully saturated rings. The Labute approximate surface area is 232 Å². The summed E-state index contributed by atoms with van der Waals surface area (Å²) in [5.74, 6) is -1.52. The van der Waals surface area contributed by atoms with E-state index in [1.165, 1.54) is 56.8 Å². The van der Waals surface area contributed by atoms with E-state index in [0.717, 1.165) is 6.07 Å². The summed E-state index contributed by atoms with van der Waals surface area (Å²) in [6.07, 6.45) is 1.51. The van der Waals surface area contributed by atoms with E-state index in [1.54, 1.807) is 25.1 Å². The number of aryl methyl sites for hydroxylation is 1. The van der Waals surface area contributed by atoms with E-state index >= 15 is 4.39 Å². The van der Waals surface area contributed by atoms with E-state index in [2.05, 4.69) is 20.3 Å². The van der Waals surface area contributed by atoms with E-state index in [-0.39, 0.29) is 40.6 Å². The zero-order chi connectivity index (χ0) is 29.1. The zero-order valence-corrected chi connectivity index (χ0v) is 22.2. The first kappa shape index (κ1) is 27.4. The van der Waals surface area contributed by atoms with Crippen LogP contribution in [0, 0.1) is 18.6 Å². The minimum Gasteiger partial charge on any atom is -0.481 e. The molecular formula is C30H24F2N4O5. The van der Waals surface area contributed by atoms with Crippen LogP contribution in [-0.4, -0.2) is 35.1 Å². The van der Waals surface area contributed by atoms with Gasteiger partial charge in [0.2, 0.25) is 11.3 Å². The lowest BCUT2D eigenvalue weighted by atomic mass is 9.99. The number of aromatic amines is 1. The fourth-order valence-corrected chi connectivity index (χ4v) is 4.39. The Morgan fingerprint density at radius 1 is 1.00 bits per heavy atom. The molecule has 3 heterocycles. The third-order valence-electron chi connectivity index (χ3n) is 6.26. The van der Waals surface area contributed by atoms with Gasteiger partial charge in [0.1, 0.15) is 16.9 Å². The number of hydrogen-bond donors (Lipinski definition) is 2. The first-order valence-electron chi connectivity index (χ1n) is 12.4. The van der Waals surface area contributed by atoms with Gasteiger partial charge in [-0.1, -0.05) is 12.1 Å². The second kappa shape index (κ2) is 11.5. The number of nitrogens with zero attached hydrogens (tertiary/aromatic N) is 2. The highest BCUT2D eigenvalue weighted by atomic mass is 19.1. The first-order chi connectivity index (χ1) is 19.8. The van der Waals surface area contributed by atoms with Crippen molar-refractivity contribution in [3.05, 3.63) is 106 Å². The van der Waals surface area contributed by atoms with Crippen LogP contribution in [0.4, 0.5) is 14.5 Å². The Balaban J connectivity index is 1.45. The number of aromatic nitrogens is 3. The van der Waals surface area contributed by atoms with Gasteiger partial charge in [-0.15, -0.1) is 0 Å². The molecule has 11 heteroatoms. The van der Waals surface area contributed by atoms with Crippen LogP contribution in [0.15, 0.2) is 71.7 Å². The number of methoxy groups -OCH3 is 2. The number of hydrogen-bond acceptors (Lipinski definition) is 7. The van der Waals surface area contributed by atoms with Crippen molar-refractivity contribution in [1.82, 2.24) is 15.0 Å². The van der Waals surface area contributed by atoms with Gasteiger partial charge in [-0.25, -0.2) is 13.8 Å². The van der Waals surface area contributed by atoms with E-state index < -0.39 is 23.0 Å². The van der Waals surface area contributed by atoms with Gasteiger partial charge in [0, 0.05) is 48.5 Å². The maximum Gasteiger partial charge on any atom is 0.261 e. The zero-order valence-electron chi connectivity index (χ0n) is 22.2. The molecule has 2 N–H and O–H groups in total. The fourth-order valence-electron chi connectivity index (χ4n) is 4.39. The predicted octanol–water partition coefficient (Wildman–Crippen LogP) is 5.77. The molecule has 0 spiro atoms. The van der Waals surface area contributed by atoms with Gasteiger partial charge < -0.3 is 24.5 Å². The smallest absolute Gasteiger partial charge is 0.261 e. The molecule has 1 amide bonds. The number of halogens is 2. The molecule has 3 aromatic heterocycles. The lowest BCUT2D eigenvalue weighted by Crippen LogP contribution is -2.27. The molecule has 0 atom stereocenters.